The number of piperidine rings is 1. The summed E-state index contributed by atoms with van der Waals surface area (Å²) in [7, 11) is 1.43. The van der Waals surface area contributed by atoms with Gasteiger partial charge in [-0.2, -0.15) is 0 Å². The Morgan fingerprint density at radius 1 is 1.13 bits per heavy atom. The van der Waals surface area contributed by atoms with Crippen molar-refractivity contribution < 1.29 is 19.2 Å². The molecule has 164 valence electrons. The van der Waals surface area contributed by atoms with Crippen LogP contribution in [0.3, 0.4) is 0 Å². The summed E-state index contributed by atoms with van der Waals surface area (Å²) in [6.07, 6.45) is 2.00. The fourth-order valence-corrected chi connectivity index (χ4v) is 3.55. The number of non-ortho nitro benzene ring substituents is 1. The van der Waals surface area contributed by atoms with E-state index in [9.17, 15) is 19.7 Å². The molecular weight excluding hydrogens is 400 g/mol. The summed E-state index contributed by atoms with van der Waals surface area (Å²) in [6, 6.07) is 11.1. The van der Waals surface area contributed by atoms with Crippen molar-refractivity contribution in [3.05, 3.63) is 58.1 Å². The topological polar surface area (TPSA) is 114 Å². The van der Waals surface area contributed by atoms with Crippen molar-refractivity contribution in [2.45, 2.75) is 19.8 Å². The van der Waals surface area contributed by atoms with Gasteiger partial charge < -0.3 is 20.3 Å². The SMILES string of the molecule is COCC(=O)Nc1cccc(NC(=O)c2cc([N+](=O)[O-])ccc2N2CCC(C)CC2)c1. The Bertz CT molecular complexity index is 970. The zero-order valence-electron chi connectivity index (χ0n) is 17.6. The van der Waals surface area contributed by atoms with Crippen molar-refractivity contribution in [3.8, 4) is 0 Å². The molecule has 0 bridgehead atoms. The highest BCUT2D eigenvalue weighted by atomic mass is 16.6. The van der Waals surface area contributed by atoms with Gasteiger partial charge in [0.1, 0.15) is 6.61 Å². The van der Waals surface area contributed by atoms with Gasteiger partial charge in [0.2, 0.25) is 5.91 Å². The molecule has 0 radical (unpaired) electrons. The monoisotopic (exact) mass is 426 g/mol. The number of hydrogen-bond acceptors (Lipinski definition) is 6. The summed E-state index contributed by atoms with van der Waals surface area (Å²) in [5.74, 6) is -0.147. The molecule has 0 unspecified atom stereocenters. The van der Waals surface area contributed by atoms with Crippen molar-refractivity contribution in [2.24, 2.45) is 5.92 Å². The molecule has 1 aliphatic rings. The van der Waals surface area contributed by atoms with Gasteiger partial charge in [-0.3, -0.25) is 19.7 Å². The molecule has 31 heavy (non-hydrogen) atoms. The number of nitro groups is 1. The Hall–Kier alpha value is -3.46. The summed E-state index contributed by atoms with van der Waals surface area (Å²) in [5.41, 5.74) is 1.76. The molecule has 1 heterocycles. The molecule has 0 atom stereocenters. The van der Waals surface area contributed by atoms with Crippen LogP contribution in [0.5, 0.6) is 0 Å². The van der Waals surface area contributed by atoms with Crippen molar-refractivity contribution >= 4 is 34.6 Å². The van der Waals surface area contributed by atoms with E-state index >= 15 is 0 Å². The van der Waals surface area contributed by atoms with Gasteiger partial charge in [0.25, 0.3) is 11.6 Å². The van der Waals surface area contributed by atoms with Crippen LogP contribution in [0.15, 0.2) is 42.5 Å². The van der Waals surface area contributed by atoms with Crippen LogP contribution in [-0.2, 0) is 9.53 Å². The molecule has 9 nitrogen and oxygen atoms in total. The maximum Gasteiger partial charge on any atom is 0.270 e. The van der Waals surface area contributed by atoms with Gasteiger partial charge in [-0.05, 0) is 43.0 Å². The van der Waals surface area contributed by atoms with Gasteiger partial charge >= 0.3 is 0 Å². The Kier molecular flexibility index (Phi) is 7.19. The zero-order chi connectivity index (χ0) is 22.4. The first-order valence-corrected chi connectivity index (χ1v) is 10.1. The van der Waals surface area contributed by atoms with Gasteiger partial charge in [-0.1, -0.05) is 13.0 Å². The maximum absolute atomic E-state index is 13.1. The lowest BCUT2D eigenvalue weighted by atomic mass is 9.98. The van der Waals surface area contributed by atoms with E-state index < -0.39 is 10.8 Å². The van der Waals surface area contributed by atoms with Crippen molar-refractivity contribution in [2.75, 3.05) is 42.3 Å². The normalized spacial score (nSPS) is 14.2. The number of ether oxygens (including phenoxy) is 1. The van der Waals surface area contributed by atoms with E-state index in [0.29, 0.717) is 23.0 Å². The Morgan fingerprint density at radius 3 is 2.45 bits per heavy atom. The number of nitro benzene ring substituents is 1. The summed E-state index contributed by atoms with van der Waals surface area (Å²) < 4.78 is 4.79. The molecule has 0 spiro atoms. The molecule has 2 aromatic rings. The minimum atomic E-state index is -0.509. The number of carbonyl (C=O) groups is 2. The molecule has 3 rings (SSSR count). The fraction of sp³-hybridized carbons (Fsp3) is 0.364. The number of hydrogen-bond donors (Lipinski definition) is 2. The van der Waals surface area contributed by atoms with E-state index in [1.165, 1.54) is 19.2 Å². The fourth-order valence-electron chi connectivity index (χ4n) is 3.55. The first kappa shape index (κ1) is 22.2. The van der Waals surface area contributed by atoms with E-state index in [1.54, 1.807) is 30.3 Å². The number of nitrogens with zero attached hydrogens (tertiary/aromatic N) is 2. The summed E-state index contributed by atoms with van der Waals surface area (Å²) in [6.45, 7) is 3.70. The van der Waals surface area contributed by atoms with Gasteiger partial charge in [0, 0.05) is 43.7 Å². The molecule has 0 aliphatic carbocycles. The van der Waals surface area contributed by atoms with Crippen LogP contribution in [0, 0.1) is 16.0 Å². The lowest BCUT2D eigenvalue weighted by molar-refractivity contribution is -0.384. The van der Waals surface area contributed by atoms with Crippen LogP contribution >= 0.6 is 0 Å². The van der Waals surface area contributed by atoms with E-state index in [4.69, 9.17) is 4.74 Å². The van der Waals surface area contributed by atoms with Crippen molar-refractivity contribution in [1.82, 2.24) is 0 Å². The van der Waals surface area contributed by atoms with Crippen molar-refractivity contribution in [1.29, 1.82) is 0 Å². The molecule has 2 aromatic carbocycles. The number of anilines is 3. The molecule has 1 fully saturated rings. The first-order valence-electron chi connectivity index (χ1n) is 10.1. The van der Waals surface area contributed by atoms with Gasteiger partial charge in [-0.15, -0.1) is 0 Å². The smallest absolute Gasteiger partial charge is 0.270 e. The Balaban J connectivity index is 1.84. The highest BCUT2D eigenvalue weighted by molar-refractivity contribution is 6.09. The average molecular weight is 426 g/mol. The number of nitrogens with one attached hydrogen (secondary N) is 2. The molecular formula is C22H26N4O5. The van der Waals surface area contributed by atoms with Gasteiger partial charge in [0.15, 0.2) is 0 Å². The second-order valence-electron chi connectivity index (χ2n) is 7.64. The summed E-state index contributed by atoms with van der Waals surface area (Å²) >= 11 is 0. The number of rotatable bonds is 7. The zero-order valence-corrected chi connectivity index (χ0v) is 17.6. The maximum atomic E-state index is 13.1. The van der Waals surface area contributed by atoms with Crippen molar-refractivity contribution in [3.63, 3.8) is 0 Å². The molecule has 2 amide bonds. The average Bonchev–Trinajstić information content (AvgIpc) is 2.74. The standard InChI is InChI=1S/C22H26N4O5/c1-15-8-10-25(11-9-15)20-7-6-18(26(29)30)13-19(20)22(28)24-17-5-3-4-16(12-17)23-21(27)14-31-2/h3-7,12-13,15H,8-11,14H2,1-2H3,(H,23,27)(H,24,28). The molecule has 2 N–H and O–H groups in total. The predicted molar refractivity (Wildman–Crippen MR) is 119 cm³/mol. The first-order chi connectivity index (χ1) is 14.9. The van der Waals surface area contributed by atoms with Crippen LogP contribution in [0.25, 0.3) is 0 Å². The highest BCUT2D eigenvalue weighted by Gasteiger charge is 2.23. The van der Waals surface area contributed by atoms with E-state index in [-0.39, 0.29) is 23.8 Å². The molecule has 9 heteroatoms. The highest BCUT2D eigenvalue weighted by Crippen LogP contribution is 2.30. The summed E-state index contributed by atoms with van der Waals surface area (Å²) in [5, 5.41) is 16.7. The molecule has 0 saturated carbocycles. The summed E-state index contributed by atoms with van der Waals surface area (Å²) in [4.78, 5) is 37.7. The largest absolute Gasteiger partial charge is 0.375 e. The minimum Gasteiger partial charge on any atom is -0.375 e. The minimum absolute atomic E-state index is 0.0813. The van der Waals surface area contributed by atoms with Gasteiger partial charge in [0.05, 0.1) is 16.2 Å². The Morgan fingerprint density at radius 2 is 1.81 bits per heavy atom. The lowest BCUT2D eigenvalue weighted by Crippen LogP contribution is -2.34. The quantitative estimate of drug-likeness (QED) is 0.516. The third kappa shape index (κ3) is 5.79. The number of benzene rings is 2. The number of carbonyl (C=O) groups excluding carboxylic acids is 2. The van der Waals surface area contributed by atoms with E-state index in [1.807, 2.05) is 0 Å². The third-order valence-corrected chi connectivity index (χ3v) is 5.24. The van der Waals surface area contributed by atoms with Crippen LogP contribution in [0.4, 0.5) is 22.7 Å². The number of methoxy groups -OCH3 is 1. The number of amides is 2. The Labute approximate surface area is 180 Å². The van der Waals surface area contributed by atoms with E-state index in [2.05, 4.69) is 22.5 Å². The van der Waals surface area contributed by atoms with E-state index in [0.717, 1.165) is 25.9 Å². The molecule has 1 saturated heterocycles. The molecule has 1 aliphatic heterocycles. The lowest BCUT2D eigenvalue weighted by Gasteiger charge is -2.33. The third-order valence-electron chi connectivity index (χ3n) is 5.24. The second-order valence-corrected chi connectivity index (χ2v) is 7.64. The van der Waals surface area contributed by atoms with Crippen LogP contribution in [-0.4, -0.2) is 43.5 Å². The molecule has 0 aromatic heterocycles. The van der Waals surface area contributed by atoms with Crippen LogP contribution in [0.2, 0.25) is 0 Å². The van der Waals surface area contributed by atoms with Crippen LogP contribution < -0.4 is 15.5 Å². The predicted octanol–water partition coefficient (Wildman–Crippen LogP) is 3.67. The second kappa shape index (κ2) is 10.0. The van der Waals surface area contributed by atoms with Crippen LogP contribution in [0.1, 0.15) is 30.1 Å². The van der Waals surface area contributed by atoms with Gasteiger partial charge in [-0.25, -0.2) is 0 Å².